The summed E-state index contributed by atoms with van der Waals surface area (Å²) in [6.45, 7) is 1.74. The molecule has 0 saturated heterocycles. The number of carbonyl (C=O) groups is 1. The topological polar surface area (TPSA) is 68.0 Å². The highest BCUT2D eigenvalue weighted by molar-refractivity contribution is 6.29. The molecule has 0 aliphatic heterocycles. The molecule has 0 saturated carbocycles. The quantitative estimate of drug-likeness (QED) is 0.814. The molecule has 2 heterocycles. The Labute approximate surface area is 96.4 Å². The summed E-state index contributed by atoms with van der Waals surface area (Å²) < 4.78 is 4.82. The van der Waals surface area contributed by atoms with Crippen molar-refractivity contribution in [3.8, 4) is 0 Å². The average Bonchev–Trinajstić information content (AvgIpc) is 2.64. The standard InChI is InChI=1S/C10H8ClN3O2/c1-6-4-9(14-16-6)13-10(15)7-2-3-12-8(11)5-7/h2-5H,1H3,(H,13,14,15). The van der Waals surface area contributed by atoms with E-state index in [1.807, 2.05) is 0 Å². The normalized spacial score (nSPS) is 10.1. The third-order valence-electron chi connectivity index (χ3n) is 1.86. The van der Waals surface area contributed by atoms with Gasteiger partial charge in [-0.1, -0.05) is 16.8 Å². The Balaban J connectivity index is 2.14. The van der Waals surface area contributed by atoms with Crippen LogP contribution in [-0.4, -0.2) is 16.0 Å². The van der Waals surface area contributed by atoms with Crippen molar-refractivity contribution < 1.29 is 9.32 Å². The van der Waals surface area contributed by atoms with Crippen LogP contribution in [0.1, 0.15) is 16.1 Å². The maximum absolute atomic E-state index is 11.7. The molecular weight excluding hydrogens is 230 g/mol. The van der Waals surface area contributed by atoms with Crippen LogP contribution in [0.4, 0.5) is 5.82 Å². The van der Waals surface area contributed by atoms with E-state index >= 15 is 0 Å². The molecule has 82 valence electrons. The highest BCUT2D eigenvalue weighted by Crippen LogP contribution is 2.11. The molecule has 16 heavy (non-hydrogen) atoms. The summed E-state index contributed by atoms with van der Waals surface area (Å²) in [6, 6.07) is 4.67. The van der Waals surface area contributed by atoms with Crippen LogP contribution in [0.3, 0.4) is 0 Å². The van der Waals surface area contributed by atoms with E-state index in [1.54, 1.807) is 19.1 Å². The molecule has 2 aromatic heterocycles. The third kappa shape index (κ3) is 2.38. The van der Waals surface area contributed by atoms with Gasteiger partial charge in [-0.3, -0.25) is 4.79 Å². The van der Waals surface area contributed by atoms with Gasteiger partial charge in [-0.2, -0.15) is 0 Å². The van der Waals surface area contributed by atoms with Crippen LogP contribution in [0.25, 0.3) is 0 Å². The first-order chi connectivity index (χ1) is 7.65. The van der Waals surface area contributed by atoms with Gasteiger partial charge in [0.2, 0.25) is 0 Å². The molecule has 0 atom stereocenters. The number of aromatic nitrogens is 2. The SMILES string of the molecule is Cc1cc(NC(=O)c2ccnc(Cl)c2)no1. The molecule has 1 amide bonds. The lowest BCUT2D eigenvalue weighted by Gasteiger charge is -2.00. The minimum Gasteiger partial charge on any atom is -0.360 e. The second kappa shape index (κ2) is 4.32. The van der Waals surface area contributed by atoms with E-state index in [2.05, 4.69) is 15.5 Å². The Hall–Kier alpha value is -1.88. The second-order valence-electron chi connectivity index (χ2n) is 3.14. The number of anilines is 1. The fraction of sp³-hybridized carbons (Fsp3) is 0.100. The van der Waals surface area contributed by atoms with E-state index in [4.69, 9.17) is 16.1 Å². The first kappa shape index (κ1) is 10.6. The molecule has 6 heteroatoms. The molecule has 0 spiro atoms. The van der Waals surface area contributed by atoms with Crippen LogP contribution >= 0.6 is 11.6 Å². The molecule has 0 aliphatic carbocycles. The van der Waals surface area contributed by atoms with Crippen LogP contribution in [0, 0.1) is 6.92 Å². The van der Waals surface area contributed by atoms with Crippen molar-refractivity contribution in [3.05, 3.63) is 40.9 Å². The highest BCUT2D eigenvalue weighted by atomic mass is 35.5. The van der Waals surface area contributed by atoms with Gasteiger partial charge in [0.15, 0.2) is 5.82 Å². The largest absolute Gasteiger partial charge is 0.360 e. The Morgan fingerprint density at radius 3 is 2.94 bits per heavy atom. The number of hydrogen-bond donors (Lipinski definition) is 1. The van der Waals surface area contributed by atoms with Crippen LogP contribution in [-0.2, 0) is 0 Å². The molecule has 1 N–H and O–H groups in total. The number of rotatable bonds is 2. The fourth-order valence-corrected chi connectivity index (χ4v) is 1.33. The number of pyridine rings is 1. The van der Waals surface area contributed by atoms with Gasteiger partial charge in [0, 0.05) is 17.8 Å². The summed E-state index contributed by atoms with van der Waals surface area (Å²) in [5.74, 6) is 0.691. The highest BCUT2D eigenvalue weighted by Gasteiger charge is 2.09. The van der Waals surface area contributed by atoms with Gasteiger partial charge in [0.1, 0.15) is 10.9 Å². The molecule has 2 aromatic rings. The van der Waals surface area contributed by atoms with Crippen molar-refractivity contribution in [2.24, 2.45) is 0 Å². The van der Waals surface area contributed by atoms with Crippen LogP contribution < -0.4 is 5.32 Å². The number of carbonyl (C=O) groups excluding carboxylic acids is 1. The molecule has 0 aliphatic rings. The van der Waals surface area contributed by atoms with E-state index in [0.717, 1.165) is 0 Å². The molecule has 2 rings (SSSR count). The van der Waals surface area contributed by atoms with E-state index in [9.17, 15) is 4.79 Å². The van der Waals surface area contributed by atoms with E-state index in [-0.39, 0.29) is 11.1 Å². The number of halogens is 1. The van der Waals surface area contributed by atoms with Crippen molar-refractivity contribution in [2.75, 3.05) is 5.32 Å². The molecule has 0 aromatic carbocycles. The first-order valence-corrected chi connectivity index (χ1v) is 4.89. The van der Waals surface area contributed by atoms with Crippen molar-refractivity contribution in [3.63, 3.8) is 0 Å². The van der Waals surface area contributed by atoms with E-state index in [0.29, 0.717) is 17.1 Å². The average molecular weight is 238 g/mol. The minimum absolute atomic E-state index is 0.268. The first-order valence-electron chi connectivity index (χ1n) is 4.51. The summed E-state index contributed by atoms with van der Waals surface area (Å²) in [5.41, 5.74) is 0.417. The minimum atomic E-state index is -0.308. The molecule has 0 bridgehead atoms. The molecule has 5 nitrogen and oxygen atoms in total. The summed E-state index contributed by atoms with van der Waals surface area (Å²) in [6.07, 6.45) is 1.46. The van der Waals surface area contributed by atoms with Crippen molar-refractivity contribution in [1.82, 2.24) is 10.1 Å². The number of nitrogens with one attached hydrogen (secondary N) is 1. The van der Waals surface area contributed by atoms with E-state index in [1.165, 1.54) is 12.3 Å². The zero-order valence-corrected chi connectivity index (χ0v) is 9.15. The van der Waals surface area contributed by atoms with Crippen molar-refractivity contribution in [2.45, 2.75) is 6.92 Å². The van der Waals surface area contributed by atoms with Crippen molar-refractivity contribution >= 4 is 23.3 Å². The van der Waals surface area contributed by atoms with E-state index < -0.39 is 0 Å². The lowest BCUT2D eigenvalue weighted by Crippen LogP contribution is -2.12. The predicted molar refractivity (Wildman–Crippen MR) is 58.4 cm³/mol. The number of amides is 1. The summed E-state index contributed by atoms with van der Waals surface area (Å²) in [7, 11) is 0. The van der Waals surface area contributed by atoms with Crippen LogP contribution in [0.2, 0.25) is 5.15 Å². The van der Waals surface area contributed by atoms with Gasteiger partial charge in [0.25, 0.3) is 5.91 Å². The maximum atomic E-state index is 11.7. The fourth-order valence-electron chi connectivity index (χ4n) is 1.16. The lowest BCUT2D eigenvalue weighted by molar-refractivity contribution is 0.102. The third-order valence-corrected chi connectivity index (χ3v) is 2.07. The van der Waals surface area contributed by atoms with Gasteiger partial charge < -0.3 is 9.84 Å². The Kier molecular flexibility index (Phi) is 2.87. The Morgan fingerprint density at radius 2 is 2.31 bits per heavy atom. The predicted octanol–water partition coefficient (Wildman–Crippen LogP) is 2.28. The number of nitrogens with zero attached hydrogens (tertiary/aromatic N) is 2. The zero-order valence-electron chi connectivity index (χ0n) is 8.40. The monoisotopic (exact) mass is 237 g/mol. The van der Waals surface area contributed by atoms with Gasteiger partial charge in [0.05, 0.1) is 0 Å². The summed E-state index contributed by atoms with van der Waals surface area (Å²) in [5, 5.41) is 6.49. The van der Waals surface area contributed by atoms with Crippen LogP contribution in [0.15, 0.2) is 28.9 Å². The molecule has 0 unspecified atom stereocenters. The maximum Gasteiger partial charge on any atom is 0.257 e. The Bertz CT molecular complexity index is 524. The van der Waals surface area contributed by atoms with Crippen molar-refractivity contribution in [1.29, 1.82) is 0 Å². The van der Waals surface area contributed by atoms with Gasteiger partial charge in [-0.15, -0.1) is 0 Å². The zero-order chi connectivity index (χ0) is 11.5. The summed E-state index contributed by atoms with van der Waals surface area (Å²) >= 11 is 5.67. The lowest BCUT2D eigenvalue weighted by atomic mass is 10.2. The molecule has 0 fully saturated rings. The molecular formula is C10H8ClN3O2. The second-order valence-corrected chi connectivity index (χ2v) is 3.53. The Morgan fingerprint density at radius 1 is 1.50 bits per heavy atom. The van der Waals surface area contributed by atoms with Gasteiger partial charge in [-0.25, -0.2) is 4.98 Å². The van der Waals surface area contributed by atoms with Gasteiger partial charge in [-0.05, 0) is 19.1 Å². The summed E-state index contributed by atoms with van der Waals surface area (Å²) in [4.78, 5) is 15.5. The smallest absolute Gasteiger partial charge is 0.257 e. The van der Waals surface area contributed by atoms with Crippen LogP contribution in [0.5, 0.6) is 0 Å². The van der Waals surface area contributed by atoms with Gasteiger partial charge >= 0.3 is 0 Å². The molecule has 0 radical (unpaired) electrons. The number of aryl methyl sites for hydroxylation is 1. The number of hydrogen-bond acceptors (Lipinski definition) is 4.